The molecule has 3 aromatic rings. The molecule has 4 N–H and O–H groups in total. The molecule has 7 rings (SSSR count). The first-order chi connectivity index (χ1) is 20.9. The SMILES string of the molecule is NC(=C(C=NC1CC(CNc2ccc3c(c2)C(=O)N(C2CCC(=O)NC2=O)C3=O)C1)c1cc2nccnc2cn1)C1CC1. The summed E-state index contributed by atoms with van der Waals surface area (Å²) in [5, 5.41) is 5.59. The Morgan fingerprint density at radius 3 is 2.53 bits per heavy atom. The molecular weight excluding hydrogens is 548 g/mol. The van der Waals surface area contributed by atoms with Crippen molar-refractivity contribution in [2.24, 2.45) is 22.6 Å². The van der Waals surface area contributed by atoms with Crippen LogP contribution in [0.1, 0.15) is 64.9 Å². The van der Waals surface area contributed by atoms with Gasteiger partial charge >= 0.3 is 0 Å². The van der Waals surface area contributed by atoms with Crippen LogP contribution in [0.25, 0.3) is 16.6 Å². The van der Waals surface area contributed by atoms with Crippen molar-refractivity contribution in [1.29, 1.82) is 0 Å². The van der Waals surface area contributed by atoms with Gasteiger partial charge < -0.3 is 11.1 Å². The minimum Gasteiger partial charge on any atom is -0.401 e. The molecule has 2 saturated carbocycles. The summed E-state index contributed by atoms with van der Waals surface area (Å²) < 4.78 is 0. The summed E-state index contributed by atoms with van der Waals surface area (Å²) in [6, 6.07) is 6.15. The minimum atomic E-state index is -0.977. The number of carbonyl (C=O) groups is 4. The molecular formula is C31H30N8O4. The van der Waals surface area contributed by atoms with Gasteiger partial charge in [0, 0.05) is 48.5 Å². The molecule has 4 heterocycles. The first-order valence-electron chi connectivity index (χ1n) is 14.5. The highest BCUT2D eigenvalue weighted by atomic mass is 16.2. The number of aromatic nitrogens is 3. The number of benzene rings is 1. The molecule has 1 aromatic carbocycles. The van der Waals surface area contributed by atoms with Gasteiger partial charge in [-0.3, -0.25) is 49.3 Å². The van der Waals surface area contributed by atoms with E-state index in [9.17, 15) is 19.2 Å². The number of piperidine rings is 1. The number of nitrogens with zero attached hydrogens (tertiary/aromatic N) is 5. The van der Waals surface area contributed by atoms with Crippen molar-refractivity contribution in [3.8, 4) is 0 Å². The van der Waals surface area contributed by atoms with Crippen LogP contribution >= 0.6 is 0 Å². The van der Waals surface area contributed by atoms with E-state index in [1.54, 1.807) is 36.8 Å². The quantitative estimate of drug-likeness (QED) is 0.268. The summed E-state index contributed by atoms with van der Waals surface area (Å²) >= 11 is 0. The van der Waals surface area contributed by atoms with Crippen molar-refractivity contribution in [3.05, 3.63) is 65.4 Å². The maximum Gasteiger partial charge on any atom is 0.262 e. The lowest BCUT2D eigenvalue weighted by atomic mass is 9.80. The largest absolute Gasteiger partial charge is 0.401 e. The second kappa shape index (κ2) is 10.7. The van der Waals surface area contributed by atoms with Crippen LogP contribution in [0.2, 0.25) is 0 Å². The monoisotopic (exact) mass is 578 g/mol. The molecule has 2 aliphatic heterocycles. The number of carbonyl (C=O) groups excluding carboxylic acids is 4. The normalized spacial score (nSPS) is 24.2. The Kier molecular flexibility index (Phi) is 6.68. The van der Waals surface area contributed by atoms with Gasteiger partial charge in [-0.1, -0.05) is 0 Å². The number of pyridine rings is 1. The van der Waals surface area contributed by atoms with E-state index in [0.717, 1.165) is 64.3 Å². The summed E-state index contributed by atoms with van der Waals surface area (Å²) in [5.74, 6) is -1.28. The van der Waals surface area contributed by atoms with E-state index < -0.39 is 29.7 Å². The molecule has 12 heteroatoms. The smallest absolute Gasteiger partial charge is 0.262 e. The molecule has 218 valence electrons. The number of nitrogens with two attached hydrogens (primary N) is 1. The van der Waals surface area contributed by atoms with Crippen LogP contribution in [0, 0.1) is 11.8 Å². The fourth-order valence-electron chi connectivity index (χ4n) is 5.93. The number of hydrogen-bond donors (Lipinski definition) is 3. The van der Waals surface area contributed by atoms with Gasteiger partial charge in [-0.05, 0) is 68.2 Å². The van der Waals surface area contributed by atoms with Crippen LogP contribution in [0.5, 0.6) is 0 Å². The van der Waals surface area contributed by atoms with Gasteiger partial charge in [0.05, 0.1) is 34.6 Å². The van der Waals surface area contributed by atoms with E-state index in [1.807, 2.05) is 12.3 Å². The second-order valence-corrected chi connectivity index (χ2v) is 11.6. The number of allylic oxidation sites excluding steroid dienone is 2. The fraction of sp³-hybridized carbons (Fsp3) is 0.355. The molecule has 4 aliphatic rings. The third-order valence-corrected chi connectivity index (χ3v) is 8.62. The van der Waals surface area contributed by atoms with Crippen molar-refractivity contribution < 1.29 is 19.2 Å². The van der Waals surface area contributed by atoms with E-state index in [4.69, 9.17) is 10.7 Å². The van der Waals surface area contributed by atoms with Crippen LogP contribution in [-0.2, 0) is 9.59 Å². The first-order valence-corrected chi connectivity index (χ1v) is 14.5. The number of anilines is 1. The van der Waals surface area contributed by atoms with E-state index in [0.29, 0.717) is 18.4 Å². The third kappa shape index (κ3) is 5.13. The Labute approximate surface area is 246 Å². The lowest BCUT2D eigenvalue weighted by molar-refractivity contribution is -0.136. The van der Waals surface area contributed by atoms with Gasteiger partial charge in [0.2, 0.25) is 11.8 Å². The van der Waals surface area contributed by atoms with Gasteiger partial charge in [-0.25, -0.2) is 0 Å². The van der Waals surface area contributed by atoms with Gasteiger partial charge in [0.1, 0.15) is 11.6 Å². The highest BCUT2D eigenvalue weighted by molar-refractivity contribution is 6.23. The third-order valence-electron chi connectivity index (χ3n) is 8.62. The van der Waals surface area contributed by atoms with Crippen molar-refractivity contribution >= 4 is 52.1 Å². The number of hydrogen-bond acceptors (Lipinski definition) is 10. The molecule has 1 atom stereocenters. The molecule has 0 spiro atoms. The summed E-state index contributed by atoms with van der Waals surface area (Å²) in [7, 11) is 0. The molecule has 0 bridgehead atoms. The highest BCUT2D eigenvalue weighted by Gasteiger charge is 2.44. The number of imide groups is 2. The van der Waals surface area contributed by atoms with Crippen LogP contribution in [-0.4, -0.2) is 68.3 Å². The molecule has 1 saturated heterocycles. The molecule has 2 aromatic heterocycles. The van der Waals surface area contributed by atoms with Gasteiger partial charge in [-0.15, -0.1) is 0 Å². The maximum absolute atomic E-state index is 13.1. The van der Waals surface area contributed by atoms with E-state index in [1.165, 1.54) is 0 Å². The summed E-state index contributed by atoms with van der Waals surface area (Å²) in [5.41, 5.74) is 11.7. The minimum absolute atomic E-state index is 0.0874. The lowest BCUT2D eigenvalue weighted by Gasteiger charge is -2.33. The van der Waals surface area contributed by atoms with E-state index in [-0.39, 0.29) is 30.0 Å². The van der Waals surface area contributed by atoms with Crippen molar-refractivity contribution in [2.75, 3.05) is 11.9 Å². The van der Waals surface area contributed by atoms with Crippen molar-refractivity contribution in [3.63, 3.8) is 0 Å². The van der Waals surface area contributed by atoms with E-state index in [2.05, 4.69) is 25.6 Å². The number of fused-ring (bicyclic) bond motifs is 2. The Morgan fingerprint density at radius 1 is 1.00 bits per heavy atom. The van der Waals surface area contributed by atoms with Crippen LogP contribution in [0.3, 0.4) is 0 Å². The zero-order valence-corrected chi connectivity index (χ0v) is 23.3. The summed E-state index contributed by atoms with van der Waals surface area (Å²) in [6.45, 7) is 0.696. The topological polar surface area (TPSA) is 173 Å². The Bertz CT molecular complexity index is 1740. The van der Waals surface area contributed by atoms with Crippen molar-refractivity contribution in [1.82, 2.24) is 25.2 Å². The highest BCUT2D eigenvalue weighted by Crippen LogP contribution is 2.38. The lowest BCUT2D eigenvalue weighted by Crippen LogP contribution is -2.54. The standard InChI is InChI=1S/C31H30N8O4/c32-28(17-1-2-17)22(23-12-24-25(15-37-23)34-8-7-33-24)14-36-19-9-16(10-19)13-35-18-3-4-20-21(11-18)31(43)39(30(20)42)26-5-6-27(40)38-29(26)41/h3-4,7-8,11-12,14-17,19,26,35H,1-2,5-6,9-10,13,32H2,(H,38,40,41). The van der Waals surface area contributed by atoms with Crippen LogP contribution < -0.4 is 16.4 Å². The maximum atomic E-state index is 13.1. The number of aliphatic imine (C=N–C) groups is 1. The predicted octanol–water partition coefficient (Wildman–Crippen LogP) is 2.47. The van der Waals surface area contributed by atoms with Gasteiger partial charge in [0.15, 0.2) is 0 Å². The summed E-state index contributed by atoms with van der Waals surface area (Å²) in [4.78, 5) is 68.9. The van der Waals surface area contributed by atoms with Crippen LogP contribution in [0.4, 0.5) is 5.69 Å². The van der Waals surface area contributed by atoms with Crippen LogP contribution in [0.15, 0.2) is 53.5 Å². The summed E-state index contributed by atoms with van der Waals surface area (Å²) in [6.07, 6.45) is 11.1. The molecule has 4 amide bonds. The fourth-order valence-corrected chi connectivity index (χ4v) is 5.93. The number of rotatable bonds is 8. The Hall–Kier alpha value is -5.00. The molecule has 12 nitrogen and oxygen atoms in total. The molecule has 1 unspecified atom stereocenters. The molecule has 0 radical (unpaired) electrons. The Morgan fingerprint density at radius 2 is 1.77 bits per heavy atom. The average molecular weight is 579 g/mol. The van der Waals surface area contributed by atoms with Crippen molar-refractivity contribution in [2.45, 2.75) is 50.6 Å². The average Bonchev–Trinajstić information content (AvgIpc) is 3.81. The zero-order valence-electron chi connectivity index (χ0n) is 23.3. The van der Waals surface area contributed by atoms with E-state index >= 15 is 0 Å². The molecule has 3 fully saturated rings. The molecule has 2 aliphatic carbocycles. The predicted molar refractivity (Wildman–Crippen MR) is 158 cm³/mol. The second-order valence-electron chi connectivity index (χ2n) is 11.6. The molecule has 43 heavy (non-hydrogen) atoms. The van der Waals surface area contributed by atoms with Gasteiger partial charge in [0.25, 0.3) is 11.8 Å². The Balaban J connectivity index is 0.970. The number of nitrogens with one attached hydrogen (secondary N) is 2. The first kappa shape index (κ1) is 26.9. The van der Waals surface area contributed by atoms with Gasteiger partial charge in [-0.2, -0.15) is 0 Å². The zero-order chi connectivity index (χ0) is 29.7. The number of amides is 4.